The maximum absolute atomic E-state index is 12.7. The van der Waals surface area contributed by atoms with E-state index in [-0.39, 0.29) is 12.1 Å². The predicted molar refractivity (Wildman–Crippen MR) is 101 cm³/mol. The summed E-state index contributed by atoms with van der Waals surface area (Å²) in [6.45, 7) is 0.514. The van der Waals surface area contributed by atoms with Crippen LogP contribution in [-0.4, -0.2) is 46.6 Å². The van der Waals surface area contributed by atoms with Crippen molar-refractivity contribution in [3.63, 3.8) is 0 Å². The monoisotopic (exact) mass is 384 g/mol. The normalized spacial score (nSPS) is 13.8. The Kier molecular flexibility index (Phi) is 4.36. The van der Waals surface area contributed by atoms with Gasteiger partial charge in [0.25, 0.3) is 11.5 Å². The van der Waals surface area contributed by atoms with Gasteiger partial charge in [0, 0.05) is 18.0 Å². The Bertz CT molecular complexity index is 1090. The summed E-state index contributed by atoms with van der Waals surface area (Å²) in [4.78, 5) is 42.9. The Labute approximate surface area is 158 Å². The van der Waals surface area contributed by atoms with Gasteiger partial charge in [0.1, 0.15) is 17.0 Å². The number of amides is 3. The zero-order chi connectivity index (χ0) is 19.0. The Morgan fingerprint density at radius 1 is 1.30 bits per heavy atom. The van der Waals surface area contributed by atoms with Crippen LogP contribution in [0.2, 0.25) is 0 Å². The number of aromatic nitrogens is 2. The number of thiophene rings is 1. The van der Waals surface area contributed by atoms with Crippen molar-refractivity contribution in [3.8, 4) is 16.2 Å². The summed E-state index contributed by atoms with van der Waals surface area (Å²) in [6, 6.07) is 8.95. The van der Waals surface area contributed by atoms with E-state index in [4.69, 9.17) is 4.74 Å². The van der Waals surface area contributed by atoms with Crippen LogP contribution in [0.3, 0.4) is 0 Å². The van der Waals surface area contributed by atoms with Gasteiger partial charge in [0.15, 0.2) is 0 Å². The second kappa shape index (κ2) is 6.84. The topological polar surface area (TPSA) is 93.5 Å². The second-order valence-electron chi connectivity index (χ2n) is 6.01. The lowest BCUT2D eigenvalue weighted by Crippen LogP contribution is -2.38. The summed E-state index contributed by atoms with van der Waals surface area (Å²) in [6.07, 6.45) is 1.35. The molecule has 0 bridgehead atoms. The third-order valence-electron chi connectivity index (χ3n) is 4.34. The van der Waals surface area contributed by atoms with Gasteiger partial charge >= 0.3 is 6.03 Å². The Hall–Kier alpha value is -3.20. The van der Waals surface area contributed by atoms with Crippen molar-refractivity contribution in [2.45, 2.75) is 6.54 Å². The summed E-state index contributed by atoms with van der Waals surface area (Å²) in [5.74, 6) is 0.324. The van der Waals surface area contributed by atoms with Crippen molar-refractivity contribution in [2.75, 3.05) is 20.2 Å². The zero-order valence-corrected chi connectivity index (χ0v) is 15.3. The van der Waals surface area contributed by atoms with Gasteiger partial charge < -0.3 is 10.1 Å². The molecule has 0 unspecified atom stereocenters. The molecule has 0 aliphatic carbocycles. The SMILES string of the molecule is COc1ccc(-c2cc3ncn(CC(=O)N4CCNC4=O)c(=O)c3s2)cc1. The van der Waals surface area contributed by atoms with Crippen molar-refractivity contribution in [1.82, 2.24) is 19.8 Å². The number of nitrogens with zero attached hydrogens (tertiary/aromatic N) is 3. The summed E-state index contributed by atoms with van der Waals surface area (Å²) < 4.78 is 6.87. The second-order valence-corrected chi connectivity index (χ2v) is 7.06. The molecule has 3 aromatic rings. The summed E-state index contributed by atoms with van der Waals surface area (Å²) in [5, 5.41) is 2.57. The Morgan fingerprint density at radius 2 is 2.07 bits per heavy atom. The molecule has 3 amide bonds. The van der Waals surface area contributed by atoms with Crippen LogP contribution < -0.4 is 15.6 Å². The quantitative estimate of drug-likeness (QED) is 0.739. The predicted octanol–water partition coefficient (Wildman–Crippen LogP) is 1.69. The Morgan fingerprint density at radius 3 is 2.74 bits per heavy atom. The molecule has 1 fully saturated rings. The number of carbonyl (C=O) groups is 2. The van der Waals surface area contributed by atoms with Crippen molar-refractivity contribution in [1.29, 1.82) is 0 Å². The number of imide groups is 1. The lowest BCUT2D eigenvalue weighted by molar-refractivity contribution is -0.128. The number of rotatable bonds is 4. The lowest BCUT2D eigenvalue weighted by atomic mass is 10.2. The summed E-state index contributed by atoms with van der Waals surface area (Å²) >= 11 is 1.32. The van der Waals surface area contributed by atoms with E-state index in [1.807, 2.05) is 30.3 Å². The number of urea groups is 1. The average Bonchev–Trinajstić information content (AvgIpc) is 3.31. The molecule has 138 valence electrons. The molecule has 27 heavy (non-hydrogen) atoms. The van der Waals surface area contributed by atoms with Crippen LogP contribution in [0.5, 0.6) is 5.75 Å². The highest BCUT2D eigenvalue weighted by Crippen LogP contribution is 2.31. The molecule has 1 aliphatic rings. The number of nitrogens with one attached hydrogen (secondary N) is 1. The molecule has 1 aliphatic heterocycles. The van der Waals surface area contributed by atoms with Gasteiger partial charge in [0.05, 0.1) is 19.0 Å². The molecule has 2 aromatic heterocycles. The van der Waals surface area contributed by atoms with Crippen LogP contribution in [0.25, 0.3) is 20.7 Å². The first-order chi connectivity index (χ1) is 13.1. The average molecular weight is 384 g/mol. The van der Waals surface area contributed by atoms with Gasteiger partial charge in [-0.25, -0.2) is 9.78 Å². The van der Waals surface area contributed by atoms with Crippen LogP contribution in [-0.2, 0) is 11.3 Å². The molecular weight excluding hydrogens is 368 g/mol. The number of ether oxygens (including phenoxy) is 1. The lowest BCUT2D eigenvalue weighted by Gasteiger charge is -2.12. The van der Waals surface area contributed by atoms with Crippen LogP contribution >= 0.6 is 11.3 Å². The summed E-state index contributed by atoms with van der Waals surface area (Å²) in [5.41, 5.74) is 1.24. The highest BCUT2D eigenvalue weighted by molar-refractivity contribution is 7.22. The smallest absolute Gasteiger partial charge is 0.324 e. The molecule has 0 saturated carbocycles. The van der Waals surface area contributed by atoms with Crippen molar-refractivity contribution in [3.05, 3.63) is 47.0 Å². The zero-order valence-electron chi connectivity index (χ0n) is 14.5. The van der Waals surface area contributed by atoms with E-state index in [1.165, 1.54) is 22.2 Å². The van der Waals surface area contributed by atoms with E-state index in [0.29, 0.717) is 23.3 Å². The first-order valence-corrected chi connectivity index (χ1v) is 9.10. The largest absolute Gasteiger partial charge is 0.497 e. The minimum Gasteiger partial charge on any atom is -0.497 e. The minimum absolute atomic E-state index is 0.217. The van der Waals surface area contributed by atoms with Crippen LogP contribution in [0.1, 0.15) is 0 Å². The maximum atomic E-state index is 12.7. The van der Waals surface area contributed by atoms with E-state index in [9.17, 15) is 14.4 Å². The standard InChI is InChI=1S/C18H16N4O4S/c1-26-12-4-2-11(3-5-12)14-8-13-16(27-14)17(24)21(10-20-13)9-15(23)22-7-6-19-18(22)25/h2-5,8,10H,6-7,9H2,1H3,(H,19,25). The number of benzene rings is 1. The van der Waals surface area contributed by atoms with E-state index in [2.05, 4.69) is 10.3 Å². The third-order valence-corrected chi connectivity index (χ3v) is 5.50. The molecule has 4 rings (SSSR count). The number of methoxy groups -OCH3 is 1. The Balaban J connectivity index is 1.64. The van der Waals surface area contributed by atoms with Gasteiger partial charge in [-0.15, -0.1) is 11.3 Å². The van der Waals surface area contributed by atoms with E-state index in [0.717, 1.165) is 21.1 Å². The molecule has 1 aromatic carbocycles. The molecule has 1 saturated heterocycles. The van der Waals surface area contributed by atoms with Crippen molar-refractivity contribution >= 4 is 33.5 Å². The van der Waals surface area contributed by atoms with E-state index < -0.39 is 11.9 Å². The first kappa shape index (κ1) is 17.2. The maximum Gasteiger partial charge on any atom is 0.324 e. The van der Waals surface area contributed by atoms with Gasteiger partial charge in [-0.1, -0.05) is 0 Å². The fourth-order valence-corrected chi connectivity index (χ4v) is 3.96. The number of fused-ring (bicyclic) bond motifs is 1. The van der Waals surface area contributed by atoms with Gasteiger partial charge in [-0.3, -0.25) is 19.1 Å². The van der Waals surface area contributed by atoms with Crippen LogP contribution in [0.4, 0.5) is 4.79 Å². The van der Waals surface area contributed by atoms with E-state index in [1.54, 1.807) is 7.11 Å². The van der Waals surface area contributed by atoms with E-state index >= 15 is 0 Å². The molecular formula is C18H16N4O4S. The third kappa shape index (κ3) is 3.17. The van der Waals surface area contributed by atoms with Crippen molar-refractivity contribution < 1.29 is 14.3 Å². The molecule has 3 heterocycles. The molecule has 9 heteroatoms. The first-order valence-electron chi connectivity index (χ1n) is 8.28. The summed E-state index contributed by atoms with van der Waals surface area (Å²) in [7, 11) is 1.61. The fraction of sp³-hybridized carbons (Fsp3) is 0.222. The molecule has 0 spiro atoms. The highest BCUT2D eigenvalue weighted by atomic mass is 32.1. The highest BCUT2D eigenvalue weighted by Gasteiger charge is 2.26. The van der Waals surface area contributed by atoms with Gasteiger partial charge in [-0.05, 0) is 35.9 Å². The van der Waals surface area contributed by atoms with Gasteiger partial charge in [0.2, 0.25) is 0 Å². The molecule has 1 N–H and O–H groups in total. The number of hydrogen-bond donors (Lipinski definition) is 1. The van der Waals surface area contributed by atoms with Crippen LogP contribution in [0, 0.1) is 0 Å². The van der Waals surface area contributed by atoms with Crippen LogP contribution in [0.15, 0.2) is 41.5 Å². The fourth-order valence-electron chi connectivity index (χ4n) is 2.90. The number of carbonyl (C=O) groups excluding carboxylic acids is 2. The number of hydrogen-bond acceptors (Lipinski definition) is 6. The molecule has 8 nitrogen and oxygen atoms in total. The van der Waals surface area contributed by atoms with Crippen molar-refractivity contribution in [2.24, 2.45) is 0 Å². The van der Waals surface area contributed by atoms with Gasteiger partial charge in [-0.2, -0.15) is 0 Å². The molecule has 0 atom stereocenters. The minimum atomic E-state index is -0.431. The molecule has 0 radical (unpaired) electrons.